The number of hydrogen-bond acceptors (Lipinski definition) is 4. The van der Waals surface area contributed by atoms with Crippen LogP contribution in [-0.2, 0) is 4.74 Å². The Bertz CT molecular complexity index is 532. The van der Waals surface area contributed by atoms with Crippen LogP contribution in [0.25, 0.3) is 0 Å². The van der Waals surface area contributed by atoms with Gasteiger partial charge in [-0.25, -0.2) is 0 Å². The van der Waals surface area contributed by atoms with Crippen LogP contribution < -0.4 is 15.8 Å². The van der Waals surface area contributed by atoms with Gasteiger partial charge in [-0.15, -0.1) is 0 Å². The maximum absolute atomic E-state index is 12.2. The second-order valence-corrected chi connectivity index (χ2v) is 4.45. The van der Waals surface area contributed by atoms with Crippen molar-refractivity contribution in [1.82, 2.24) is 5.32 Å². The summed E-state index contributed by atoms with van der Waals surface area (Å²) in [5.74, 6) is 6.14. The molecule has 114 valence electrons. The van der Waals surface area contributed by atoms with E-state index >= 15 is 0 Å². The van der Waals surface area contributed by atoms with E-state index in [2.05, 4.69) is 17.2 Å². The molecule has 1 amide bonds. The lowest BCUT2D eigenvalue weighted by atomic mass is 10.1. The van der Waals surface area contributed by atoms with Crippen LogP contribution in [0, 0.1) is 11.8 Å². The molecule has 0 aromatic heterocycles. The van der Waals surface area contributed by atoms with Gasteiger partial charge in [0.2, 0.25) is 0 Å². The number of carbonyl (C=O) groups excluding carboxylic acids is 1. The zero-order valence-corrected chi connectivity index (χ0v) is 12.7. The minimum atomic E-state index is -0.155. The summed E-state index contributed by atoms with van der Waals surface area (Å²) in [5, 5.41) is 2.93. The third kappa shape index (κ3) is 5.10. The number of carbonyl (C=O) groups is 1. The van der Waals surface area contributed by atoms with E-state index in [1.165, 1.54) is 0 Å². The van der Waals surface area contributed by atoms with Crippen molar-refractivity contribution in [2.24, 2.45) is 5.73 Å². The standard InChI is InChI=1S/C16H22N2O3/c1-4-14(11-20-2)18-16(19)13-7-8-15(21-3)12(10-13)6-5-9-17/h7-8,10,14H,4,9,11,17H2,1-3H3,(H,18,19). The van der Waals surface area contributed by atoms with Crippen molar-refractivity contribution in [3.05, 3.63) is 29.3 Å². The van der Waals surface area contributed by atoms with Crippen LogP contribution in [0.2, 0.25) is 0 Å². The van der Waals surface area contributed by atoms with E-state index in [0.29, 0.717) is 23.5 Å². The second kappa shape index (κ2) is 9.01. The van der Waals surface area contributed by atoms with Crippen molar-refractivity contribution in [1.29, 1.82) is 0 Å². The predicted molar refractivity (Wildman–Crippen MR) is 82.3 cm³/mol. The van der Waals surface area contributed by atoms with Crippen LogP contribution in [0.1, 0.15) is 29.3 Å². The van der Waals surface area contributed by atoms with Crippen LogP contribution in [0.3, 0.4) is 0 Å². The van der Waals surface area contributed by atoms with Gasteiger partial charge in [0.05, 0.1) is 31.9 Å². The lowest BCUT2D eigenvalue weighted by Gasteiger charge is -2.16. The largest absolute Gasteiger partial charge is 0.495 e. The highest BCUT2D eigenvalue weighted by atomic mass is 16.5. The third-order valence-corrected chi connectivity index (χ3v) is 2.98. The Morgan fingerprint density at radius 3 is 2.76 bits per heavy atom. The number of amides is 1. The Morgan fingerprint density at radius 2 is 2.19 bits per heavy atom. The van der Waals surface area contributed by atoms with Crippen molar-refractivity contribution in [2.45, 2.75) is 19.4 Å². The molecule has 0 spiro atoms. The highest BCUT2D eigenvalue weighted by molar-refractivity contribution is 5.95. The fourth-order valence-electron chi connectivity index (χ4n) is 1.82. The highest BCUT2D eigenvalue weighted by Gasteiger charge is 2.13. The molecule has 1 atom stereocenters. The van der Waals surface area contributed by atoms with Crippen molar-refractivity contribution in [2.75, 3.05) is 27.4 Å². The second-order valence-electron chi connectivity index (χ2n) is 4.45. The van der Waals surface area contributed by atoms with E-state index in [4.69, 9.17) is 15.2 Å². The Morgan fingerprint density at radius 1 is 1.43 bits per heavy atom. The molecule has 0 radical (unpaired) electrons. The van der Waals surface area contributed by atoms with Crippen molar-refractivity contribution in [3.63, 3.8) is 0 Å². The van der Waals surface area contributed by atoms with Crippen LogP contribution in [-0.4, -0.2) is 39.3 Å². The fraction of sp³-hybridized carbons (Fsp3) is 0.438. The first-order valence-electron chi connectivity index (χ1n) is 6.83. The topological polar surface area (TPSA) is 73.6 Å². The van der Waals surface area contributed by atoms with E-state index in [1.807, 2.05) is 6.92 Å². The van der Waals surface area contributed by atoms with Gasteiger partial charge in [0.1, 0.15) is 5.75 Å². The van der Waals surface area contributed by atoms with Gasteiger partial charge in [-0.1, -0.05) is 18.8 Å². The molecule has 0 aliphatic rings. The van der Waals surface area contributed by atoms with Gasteiger partial charge in [-0.2, -0.15) is 0 Å². The number of nitrogens with one attached hydrogen (secondary N) is 1. The molecule has 1 rings (SSSR count). The predicted octanol–water partition coefficient (Wildman–Crippen LogP) is 1.16. The molecule has 0 bridgehead atoms. The van der Waals surface area contributed by atoms with Crippen LogP contribution >= 0.6 is 0 Å². The first kappa shape index (κ1) is 17.0. The van der Waals surface area contributed by atoms with Crippen LogP contribution in [0.15, 0.2) is 18.2 Å². The average Bonchev–Trinajstić information content (AvgIpc) is 2.51. The molecule has 0 heterocycles. The molecule has 1 aromatic rings. The minimum absolute atomic E-state index is 0.0109. The molecule has 0 fully saturated rings. The minimum Gasteiger partial charge on any atom is -0.495 e. The van der Waals surface area contributed by atoms with E-state index in [-0.39, 0.29) is 18.5 Å². The number of rotatable bonds is 6. The van der Waals surface area contributed by atoms with Crippen LogP contribution in [0.5, 0.6) is 5.75 Å². The van der Waals surface area contributed by atoms with Gasteiger partial charge in [-0.3, -0.25) is 4.79 Å². The zero-order valence-electron chi connectivity index (χ0n) is 12.7. The highest BCUT2D eigenvalue weighted by Crippen LogP contribution is 2.19. The number of benzene rings is 1. The maximum atomic E-state index is 12.2. The molecule has 3 N–H and O–H groups in total. The molecular formula is C16H22N2O3. The molecule has 1 unspecified atom stereocenters. The summed E-state index contributed by atoms with van der Waals surface area (Å²) < 4.78 is 10.3. The Balaban J connectivity index is 2.94. The van der Waals surface area contributed by atoms with Crippen molar-refractivity contribution < 1.29 is 14.3 Å². The molecule has 0 aliphatic heterocycles. The average molecular weight is 290 g/mol. The molecule has 0 saturated heterocycles. The summed E-state index contributed by atoms with van der Waals surface area (Å²) in [6, 6.07) is 5.13. The maximum Gasteiger partial charge on any atom is 0.251 e. The lowest BCUT2D eigenvalue weighted by molar-refractivity contribution is 0.0894. The zero-order chi connectivity index (χ0) is 15.7. The number of methoxy groups -OCH3 is 2. The first-order valence-corrected chi connectivity index (χ1v) is 6.83. The molecular weight excluding hydrogens is 268 g/mol. The van der Waals surface area contributed by atoms with Crippen molar-refractivity contribution >= 4 is 5.91 Å². The fourth-order valence-corrected chi connectivity index (χ4v) is 1.82. The van der Waals surface area contributed by atoms with Gasteiger partial charge in [0, 0.05) is 12.7 Å². The Hall–Kier alpha value is -2.03. The quantitative estimate of drug-likeness (QED) is 0.771. The summed E-state index contributed by atoms with van der Waals surface area (Å²) in [5.41, 5.74) is 6.56. The molecule has 5 nitrogen and oxygen atoms in total. The first-order chi connectivity index (χ1) is 10.2. The smallest absolute Gasteiger partial charge is 0.251 e. The number of hydrogen-bond donors (Lipinski definition) is 2. The SMILES string of the molecule is CCC(COC)NC(=O)c1ccc(OC)c(C#CCN)c1. The summed E-state index contributed by atoms with van der Waals surface area (Å²) in [7, 11) is 3.18. The van der Waals surface area contributed by atoms with Gasteiger partial charge in [-0.05, 0) is 24.6 Å². The Kier molecular flexibility index (Phi) is 7.30. The van der Waals surface area contributed by atoms with Gasteiger partial charge >= 0.3 is 0 Å². The van der Waals surface area contributed by atoms with Gasteiger partial charge < -0.3 is 20.5 Å². The van der Waals surface area contributed by atoms with Crippen LogP contribution in [0.4, 0.5) is 0 Å². The monoisotopic (exact) mass is 290 g/mol. The van der Waals surface area contributed by atoms with Gasteiger partial charge in [0.15, 0.2) is 0 Å². The molecule has 5 heteroatoms. The molecule has 0 aliphatic carbocycles. The molecule has 1 aromatic carbocycles. The van der Waals surface area contributed by atoms with Gasteiger partial charge in [0.25, 0.3) is 5.91 Å². The molecule has 21 heavy (non-hydrogen) atoms. The van der Waals surface area contributed by atoms with E-state index in [1.54, 1.807) is 32.4 Å². The van der Waals surface area contributed by atoms with E-state index in [0.717, 1.165) is 6.42 Å². The summed E-state index contributed by atoms with van der Waals surface area (Å²) in [6.07, 6.45) is 0.801. The summed E-state index contributed by atoms with van der Waals surface area (Å²) in [6.45, 7) is 2.74. The lowest BCUT2D eigenvalue weighted by Crippen LogP contribution is -2.37. The van der Waals surface area contributed by atoms with E-state index in [9.17, 15) is 4.79 Å². The number of nitrogens with two attached hydrogens (primary N) is 1. The normalized spacial score (nSPS) is 11.2. The number of ether oxygens (including phenoxy) is 2. The summed E-state index contributed by atoms with van der Waals surface area (Å²) >= 11 is 0. The van der Waals surface area contributed by atoms with E-state index < -0.39 is 0 Å². The van der Waals surface area contributed by atoms with Crippen molar-refractivity contribution in [3.8, 4) is 17.6 Å². The Labute approximate surface area is 125 Å². The molecule has 0 saturated carbocycles. The third-order valence-electron chi connectivity index (χ3n) is 2.98. The summed E-state index contributed by atoms with van der Waals surface area (Å²) in [4.78, 5) is 12.2.